The predicted molar refractivity (Wildman–Crippen MR) is 127 cm³/mol. The van der Waals surface area contributed by atoms with Gasteiger partial charge in [-0.2, -0.15) is 13.2 Å². The van der Waals surface area contributed by atoms with Crippen LogP contribution in [0.15, 0.2) is 36.4 Å². The molecule has 0 unspecified atom stereocenters. The summed E-state index contributed by atoms with van der Waals surface area (Å²) in [6, 6.07) is 9.55. The van der Waals surface area contributed by atoms with Crippen LogP contribution in [0.5, 0.6) is 5.75 Å². The van der Waals surface area contributed by atoms with Gasteiger partial charge in [0, 0.05) is 25.1 Å². The number of nitrogens with zero attached hydrogens (tertiary/aromatic N) is 2. The Morgan fingerprint density at radius 1 is 1.09 bits per heavy atom. The van der Waals surface area contributed by atoms with Crippen molar-refractivity contribution in [2.45, 2.75) is 58.0 Å². The van der Waals surface area contributed by atoms with Crippen LogP contribution in [0, 0.1) is 12.8 Å². The van der Waals surface area contributed by atoms with Crippen LogP contribution in [0.2, 0.25) is 0 Å². The Hall–Kier alpha value is -2.09. The van der Waals surface area contributed by atoms with Crippen molar-refractivity contribution >= 4 is 0 Å². The van der Waals surface area contributed by atoms with Crippen molar-refractivity contribution in [2.24, 2.45) is 5.92 Å². The summed E-state index contributed by atoms with van der Waals surface area (Å²) in [4.78, 5) is 4.54. The van der Waals surface area contributed by atoms with E-state index in [0.717, 1.165) is 79.8 Å². The van der Waals surface area contributed by atoms with Crippen molar-refractivity contribution in [1.29, 1.82) is 0 Å². The summed E-state index contributed by atoms with van der Waals surface area (Å²) in [5.74, 6) is 0.793. The normalized spacial score (nSPS) is 22.2. The number of ether oxygens (including phenoxy) is 1. The number of piperidine rings is 1. The molecule has 186 valence electrons. The summed E-state index contributed by atoms with van der Waals surface area (Å²) in [6.45, 7) is 8.21. The summed E-state index contributed by atoms with van der Waals surface area (Å²) in [6.07, 6.45) is -1.63. The van der Waals surface area contributed by atoms with E-state index in [2.05, 4.69) is 29.8 Å². The van der Waals surface area contributed by atoms with Gasteiger partial charge in [-0.15, -0.1) is 0 Å². The maximum Gasteiger partial charge on any atom is 0.416 e. The van der Waals surface area contributed by atoms with Gasteiger partial charge in [-0.3, -0.25) is 4.90 Å². The van der Waals surface area contributed by atoms with Gasteiger partial charge >= 0.3 is 6.18 Å². The zero-order chi connectivity index (χ0) is 24.5. The Bertz CT molecular complexity index is 969. The molecule has 4 nitrogen and oxygen atoms in total. The maximum atomic E-state index is 12.8. The number of alkyl halides is 3. The van der Waals surface area contributed by atoms with E-state index in [-0.39, 0.29) is 12.2 Å². The third-order valence-corrected chi connectivity index (χ3v) is 7.47. The summed E-state index contributed by atoms with van der Waals surface area (Å²) in [5.41, 5.74) is 3.31. The molecule has 4 rings (SSSR count). The number of phenolic OH excluding ortho intramolecular Hbond substituents is 1. The number of aromatic hydroxyl groups is 1. The van der Waals surface area contributed by atoms with Gasteiger partial charge in [-0.1, -0.05) is 31.2 Å². The van der Waals surface area contributed by atoms with Crippen molar-refractivity contribution < 1.29 is 23.0 Å². The lowest BCUT2D eigenvalue weighted by Crippen LogP contribution is -2.42. The third kappa shape index (κ3) is 5.58. The SMILES string of the molecule is CCN(C)C[C@@H]1O[C@H](C2CCN(Cc3ccc(C(F)(F)F)cc3)CC2)Cc2c1ccc(C)c2O. The lowest BCUT2D eigenvalue weighted by atomic mass is 9.83. The minimum Gasteiger partial charge on any atom is -0.507 e. The van der Waals surface area contributed by atoms with Gasteiger partial charge in [0.25, 0.3) is 0 Å². The van der Waals surface area contributed by atoms with Gasteiger partial charge in [0.1, 0.15) is 5.75 Å². The lowest BCUT2D eigenvalue weighted by molar-refractivity contribution is -0.137. The average molecular weight is 477 g/mol. The Labute approximate surface area is 200 Å². The van der Waals surface area contributed by atoms with E-state index in [0.29, 0.717) is 18.2 Å². The van der Waals surface area contributed by atoms with Crippen molar-refractivity contribution in [1.82, 2.24) is 9.80 Å². The highest BCUT2D eigenvalue weighted by Crippen LogP contribution is 2.41. The van der Waals surface area contributed by atoms with Crippen molar-refractivity contribution in [2.75, 3.05) is 33.2 Å². The van der Waals surface area contributed by atoms with E-state index in [1.54, 1.807) is 12.1 Å². The molecule has 2 aromatic rings. The molecule has 1 saturated heterocycles. The minimum atomic E-state index is -4.30. The molecule has 34 heavy (non-hydrogen) atoms. The highest BCUT2D eigenvalue weighted by molar-refractivity contribution is 5.47. The van der Waals surface area contributed by atoms with Gasteiger partial charge in [0.2, 0.25) is 0 Å². The first kappa shape index (κ1) is 25.0. The largest absolute Gasteiger partial charge is 0.507 e. The zero-order valence-corrected chi connectivity index (χ0v) is 20.2. The van der Waals surface area contributed by atoms with E-state index in [1.165, 1.54) is 0 Å². The standard InChI is InChI=1S/C27H35F3N2O2/c1-4-31(3)17-25-22-10-5-18(2)26(33)23(22)15-24(34-25)20-11-13-32(14-12-20)16-19-6-8-21(9-7-19)27(28,29)30/h5-10,20,24-25,33H,4,11-17H2,1-3H3/t24-,25-/m0/s1. The molecule has 0 amide bonds. The number of aryl methyl sites for hydroxylation is 1. The fraction of sp³-hybridized carbons (Fsp3) is 0.556. The number of fused-ring (bicyclic) bond motifs is 1. The Balaban J connectivity index is 1.40. The highest BCUT2D eigenvalue weighted by atomic mass is 19.4. The van der Waals surface area contributed by atoms with E-state index < -0.39 is 11.7 Å². The van der Waals surface area contributed by atoms with Crippen LogP contribution in [0.4, 0.5) is 13.2 Å². The fourth-order valence-electron chi connectivity index (χ4n) is 5.19. The summed E-state index contributed by atoms with van der Waals surface area (Å²) in [7, 11) is 2.08. The first-order chi connectivity index (χ1) is 16.2. The Morgan fingerprint density at radius 2 is 1.76 bits per heavy atom. The second-order valence-electron chi connectivity index (χ2n) is 9.83. The smallest absolute Gasteiger partial charge is 0.416 e. The molecule has 2 aromatic carbocycles. The Morgan fingerprint density at radius 3 is 2.38 bits per heavy atom. The van der Waals surface area contributed by atoms with Gasteiger partial charge in [-0.25, -0.2) is 0 Å². The molecule has 0 saturated carbocycles. The molecule has 1 N–H and O–H groups in total. The number of benzene rings is 2. The second-order valence-corrected chi connectivity index (χ2v) is 9.83. The Kier molecular flexibility index (Phi) is 7.55. The number of phenols is 1. The number of hydrogen-bond donors (Lipinski definition) is 1. The van der Waals surface area contributed by atoms with E-state index in [4.69, 9.17) is 4.74 Å². The van der Waals surface area contributed by atoms with Crippen molar-refractivity contribution in [3.63, 3.8) is 0 Å². The third-order valence-electron chi connectivity index (χ3n) is 7.47. The number of rotatable bonds is 6. The number of hydrogen-bond acceptors (Lipinski definition) is 4. The van der Waals surface area contributed by atoms with E-state index in [9.17, 15) is 18.3 Å². The van der Waals surface area contributed by atoms with E-state index in [1.807, 2.05) is 13.0 Å². The molecule has 0 aliphatic carbocycles. The van der Waals surface area contributed by atoms with Crippen LogP contribution in [-0.2, 0) is 23.9 Å². The fourth-order valence-corrected chi connectivity index (χ4v) is 5.19. The highest BCUT2D eigenvalue weighted by Gasteiger charge is 2.36. The van der Waals surface area contributed by atoms with Gasteiger partial charge < -0.3 is 14.7 Å². The minimum absolute atomic E-state index is 0.0590. The molecule has 2 aliphatic rings. The first-order valence-corrected chi connectivity index (χ1v) is 12.2. The number of likely N-dealkylation sites (tertiary alicyclic amines) is 1. The average Bonchev–Trinajstić information content (AvgIpc) is 2.81. The summed E-state index contributed by atoms with van der Waals surface area (Å²) >= 11 is 0. The molecule has 0 bridgehead atoms. The molecule has 0 aromatic heterocycles. The van der Waals surface area contributed by atoms with Crippen LogP contribution in [0.1, 0.15) is 53.7 Å². The van der Waals surface area contributed by atoms with Crippen LogP contribution in [0.25, 0.3) is 0 Å². The topological polar surface area (TPSA) is 35.9 Å². The van der Waals surface area contributed by atoms with Crippen molar-refractivity contribution in [3.8, 4) is 5.75 Å². The van der Waals surface area contributed by atoms with Crippen molar-refractivity contribution in [3.05, 3.63) is 64.2 Å². The van der Waals surface area contributed by atoms with Crippen LogP contribution in [0.3, 0.4) is 0 Å². The second kappa shape index (κ2) is 10.3. The molecule has 2 atom stereocenters. The van der Waals surface area contributed by atoms with Gasteiger partial charge in [0.15, 0.2) is 0 Å². The molecule has 2 aliphatic heterocycles. The molecule has 0 radical (unpaired) electrons. The molecular formula is C27H35F3N2O2. The molecule has 2 heterocycles. The lowest BCUT2D eigenvalue weighted by Gasteiger charge is -2.41. The number of likely N-dealkylation sites (N-methyl/N-ethyl adjacent to an activating group) is 1. The molecule has 7 heteroatoms. The van der Waals surface area contributed by atoms with Gasteiger partial charge in [-0.05, 0) is 81.2 Å². The molecule has 1 fully saturated rings. The summed E-state index contributed by atoms with van der Waals surface area (Å²) in [5, 5.41) is 10.8. The monoisotopic (exact) mass is 476 g/mol. The van der Waals surface area contributed by atoms with Crippen LogP contribution < -0.4 is 0 Å². The quantitative estimate of drug-likeness (QED) is 0.592. The summed E-state index contributed by atoms with van der Waals surface area (Å²) < 4.78 is 45.1. The van der Waals surface area contributed by atoms with Crippen LogP contribution in [-0.4, -0.2) is 54.2 Å². The van der Waals surface area contributed by atoms with Gasteiger partial charge in [0.05, 0.1) is 17.8 Å². The number of halogens is 3. The zero-order valence-electron chi connectivity index (χ0n) is 20.2. The van der Waals surface area contributed by atoms with E-state index >= 15 is 0 Å². The molecular weight excluding hydrogens is 441 g/mol. The predicted octanol–water partition coefficient (Wildman–Crippen LogP) is 5.57. The van der Waals surface area contributed by atoms with Crippen LogP contribution >= 0.6 is 0 Å². The first-order valence-electron chi connectivity index (χ1n) is 12.2. The molecule has 0 spiro atoms. The maximum absolute atomic E-state index is 12.8.